The second-order valence-electron chi connectivity index (χ2n) is 4.89. The number of amides is 1. The third kappa shape index (κ3) is 3.35. The van der Waals surface area contributed by atoms with Crippen LogP contribution in [-0.2, 0) is 4.74 Å². The highest BCUT2D eigenvalue weighted by atomic mass is 16.5. The first-order chi connectivity index (χ1) is 9.61. The Balaban J connectivity index is 2.24. The molecule has 1 aliphatic rings. The van der Waals surface area contributed by atoms with Gasteiger partial charge in [0.2, 0.25) is 0 Å². The minimum absolute atomic E-state index is 0.0317. The van der Waals surface area contributed by atoms with Gasteiger partial charge in [-0.3, -0.25) is 9.78 Å². The normalized spacial score (nSPS) is 22.1. The Morgan fingerprint density at radius 1 is 1.50 bits per heavy atom. The Labute approximate surface area is 119 Å². The van der Waals surface area contributed by atoms with Gasteiger partial charge in [0.15, 0.2) is 0 Å². The summed E-state index contributed by atoms with van der Waals surface area (Å²) >= 11 is 0. The SMILES string of the molecule is C[C@@H]1CN(C(=O)c2ccncc2C#CCN)C[C@H](C)O1. The lowest BCUT2D eigenvalue weighted by Crippen LogP contribution is -2.48. The van der Waals surface area contributed by atoms with Gasteiger partial charge in [0.05, 0.1) is 29.9 Å². The number of pyridine rings is 1. The van der Waals surface area contributed by atoms with Crippen molar-refractivity contribution < 1.29 is 9.53 Å². The number of nitrogens with zero attached hydrogens (tertiary/aromatic N) is 2. The molecule has 1 saturated heterocycles. The summed E-state index contributed by atoms with van der Waals surface area (Å²) in [5, 5.41) is 0. The number of ether oxygens (including phenoxy) is 1. The molecule has 2 rings (SSSR count). The van der Waals surface area contributed by atoms with Gasteiger partial charge in [0.1, 0.15) is 0 Å². The largest absolute Gasteiger partial charge is 0.372 e. The van der Waals surface area contributed by atoms with Crippen molar-refractivity contribution in [2.24, 2.45) is 5.73 Å². The number of morpholine rings is 1. The summed E-state index contributed by atoms with van der Waals surface area (Å²) in [6.45, 7) is 5.38. The Morgan fingerprint density at radius 3 is 2.85 bits per heavy atom. The third-order valence-electron chi connectivity index (χ3n) is 3.08. The highest BCUT2D eigenvalue weighted by Gasteiger charge is 2.27. The number of carbonyl (C=O) groups excluding carboxylic acids is 1. The predicted octanol–water partition coefficient (Wildman–Crippen LogP) is 0.641. The molecule has 106 valence electrons. The molecule has 0 radical (unpaired) electrons. The number of nitrogens with two attached hydrogens (primary N) is 1. The van der Waals surface area contributed by atoms with E-state index in [4.69, 9.17) is 10.5 Å². The summed E-state index contributed by atoms with van der Waals surface area (Å²) in [6.07, 6.45) is 3.29. The average molecular weight is 273 g/mol. The van der Waals surface area contributed by atoms with Crippen LogP contribution in [0, 0.1) is 11.8 Å². The zero-order chi connectivity index (χ0) is 14.5. The summed E-state index contributed by atoms with van der Waals surface area (Å²) in [7, 11) is 0. The van der Waals surface area contributed by atoms with E-state index in [1.807, 2.05) is 18.7 Å². The molecular weight excluding hydrogens is 254 g/mol. The second kappa shape index (κ2) is 6.51. The fourth-order valence-electron chi connectivity index (χ4n) is 2.34. The quantitative estimate of drug-likeness (QED) is 0.763. The van der Waals surface area contributed by atoms with E-state index in [-0.39, 0.29) is 24.7 Å². The van der Waals surface area contributed by atoms with E-state index in [0.717, 1.165) is 0 Å². The van der Waals surface area contributed by atoms with Crippen LogP contribution in [0.25, 0.3) is 0 Å². The number of rotatable bonds is 1. The van der Waals surface area contributed by atoms with E-state index in [9.17, 15) is 4.79 Å². The molecule has 0 aliphatic carbocycles. The lowest BCUT2D eigenvalue weighted by atomic mass is 10.1. The number of hydrogen-bond donors (Lipinski definition) is 1. The van der Waals surface area contributed by atoms with Crippen molar-refractivity contribution in [3.63, 3.8) is 0 Å². The van der Waals surface area contributed by atoms with Gasteiger partial charge < -0.3 is 15.4 Å². The lowest BCUT2D eigenvalue weighted by Gasteiger charge is -2.35. The number of hydrogen-bond acceptors (Lipinski definition) is 4. The molecule has 2 atom stereocenters. The standard InChI is InChI=1S/C15H19N3O2/c1-11-9-18(10-12(2)20-11)15(19)14-5-7-17-8-13(14)4-3-6-16/h5,7-8,11-12H,6,9-10,16H2,1-2H3/t11-,12+. The molecule has 2 N–H and O–H groups in total. The van der Waals surface area contributed by atoms with Gasteiger partial charge in [0.25, 0.3) is 5.91 Å². The highest BCUT2D eigenvalue weighted by molar-refractivity contribution is 5.96. The maximum Gasteiger partial charge on any atom is 0.255 e. The minimum Gasteiger partial charge on any atom is -0.372 e. The molecule has 0 saturated carbocycles. The first-order valence-corrected chi connectivity index (χ1v) is 6.69. The van der Waals surface area contributed by atoms with Crippen LogP contribution in [0.4, 0.5) is 0 Å². The molecule has 1 aliphatic heterocycles. The second-order valence-corrected chi connectivity index (χ2v) is 4.89. The molecule has 5 heteroatoms. The van der Waals surface area contributed by atoms with Gasteiger partial charge >= 0.3 is 0 Å². The van der Waals surface area contributed by atoms with Crippen molar-refractivity contribution in [3.8, 4) is 11.8 Å². The molecule has 1 amide bonds. The molecule has 1 fully saturated rings. The first kappa shape index (κ1) is 14.5. The minimum atomic E-state index is -0.0317. The van der Waals surface area contributed by atoms with Gasteiger partial charge in [-0.05, 0) is 19.9 Å². The van der Waals surface area contributed by atoms with E-state index in [2.05, 4.69) is 16.8 Å². The van der Waals surface area contributed by atoms with Crippen LogP contribution in [0.15, 0.2) is 18.5 Å². The Bertz CT molecular complexity index is 538. The van der Waals surface area contributed by atoms with Crippen molar-refractivity contribution in [2.75, 3.05) is 19.6 Å². The highest BCUT2D eigenvalue weighted by Crippen LogP contribution is 2.16. The van der Waals surface area contributed by atoms with Gasteiger partial charge in [-0.1, -0.05) is 11.8 Å². The van der Waals surface area contributed by atoms with Crippen LogP contribution in [0.2, 0.25) is 0 Å². The topological polar surface area (TPSA) is 68.5 Å². The van der Waals surface area contributed by atoms with E-state index >= 15 is 0 Å². The van der Waals surface area contributed by atoms with Crippen LogP contribution >= 0.6 is 0 Å². The molecule has 1 aromatic rings. The van der Waals surface area contributed by atoms with Crippen LogP contribution in [0.1, 0.15) is 29.8 Å². The fourth-order valence-corrected chi connectivity index (χ4v) is 2.34. The summed E-state index contributed by atoms with van der Waals surface area (Å²) in [5.41, 5.74) is 6.57. The fraction of sp³-hybridized carbons (Fsp3) is 0.467. The zero-order valence-corrected chi connectivity index (χ0v) is 11.8. The maximum atomic E-state index is 12.6. The Morgan fingerprint density at radius 2 is 2.20 bits per heavy atom. The zero-order valence-electron chi connectivity index (χ0n) is 11.8. The maximum absolute atomic E-state index is 12.6. The van der Waals surface area contributed by atoms with Gasteiger partial charge in [-0.25, -0.2) is 0 Å². The van der Waals surface area contributed by atoms with E-state index in [0.29, 0.717) is 24.2 Å². The van der Waals surface area contributed by atoms with Crippen molar-refractivity contribution in [2.45, 2.75) is 26.1 Å². The summed E-state index contributed by atoms with van der Waals surface area (Å²) in [5.74, 6) is 5.63. The van der Waals surface area contributed by atoms with Crippen LogP contribution < -0.4 is 5.73 Å². The molecule has 20 heavy (non-hydrogen) atoms. The number of carbonyl (C=O) groups is 1. The van der Waals surface area contributed by atoms with Crippen molar-refractivity contribution in [1.82, 2.24) is 9.88 Å². The molecule has 0 spiro atoms. The molecule has 0 unspecified atom stereocenters. The first-order valence-electron chi connectivity index (χ1n) is 6.69. The monoisotopic (exact) mass is 273 g/mol. The summed E-state index contributed by atoms with van der Waals surface area (Å²) in [6, 6.07) is 1.70. The molecular formula is C15H19N3O2. The smallest absolute Gasteiger partial charge is 0.255 e. The predicted molar refractivity (Wildman–Crippen MR) is 76.1 cm³/mol. The van der Waals surface area contributed by atoms with Crippen LogP contribution in [0.5, 0.6) is 0 Å². The molecule has 0 bridgehead atoms. The average Bonchev–Trinajstić information content (AvgIpc) is 2.43. The van der Waals surface area contributed by atoms with E-state index in [1.165, 1.54) is 0 Å². The Hall–Kier alpha value is -1.90. The molecule has 2 heterocycles. The van der Waals surface area contributed by atoms with Gasteiger partial charge in [-0.2, -0.15) is 0 Å². The molecule has 5 nitrogen and oxygen atoms in total. The summed E-state index contributed by atoms with van der Waals surface area (Å²) in [4.78, 5) is 18.4. The molecule has 1 aromatic heterocycles. The Kier molecular flexibility index (Phi) is 4.72. The molecule has 0 aromatic carbocycles. The number of aromatic nitrogens is 1. The summed E-state index contributed by atoms with van der Waals surface area (Å²) < 4.78 is 5.65. The van der Waals surface area contributed by atoms with Crippen LogP contribution in [0.3, 0.4) is 0 Å². The third-order valence-corrected chi connectivity index (χ3v) is 3.08. The van der Waals surface area contributed by atoms with Crippen molar-refractivity contribution in [3.05, 3.63) is 29.6 Å². The lowest BCUT2D eigenvalue weighted by molar-refractivity contribution is -0.0586. The van der Waals surface area contributed by atoms with Crippen molar-refractivity contribution in [1.29, 1.82) is 0 Å². The van der Waals surface area contributed by atoms with E-state index in [1.54, 1.807) is 18.5 Å². The van der Waals surface area contributed by atoms with Gasteiger partial charge in [-0.15, -0.1) is 0 Å². The van der Waals surface area contributed by atoms with Crippen LogP contribution in [-0.4, -0.2) is 47.6 Å². The van der Waals surface area contributed by atoms with E-state index < -0.39 is 0 Å². The van der Waals surface area contributed by atoms with Gasteiger partial charge in [0, 0.05) is 25.5 Å². The van der Waals surface area contributed by atoms with Crippen molar-refractivity contribution >= 4 is 5.91 Å².